The Balaban J connectivity index is 1.95. The van der Waals surface area contributed by atoms with Crippen LogP contribution in [0.25, 0.3) is 0 Å². The first-order valence-corrected chi connectivity index (χ1v) is 9.15. The quantitative estimate of drug-likeness (QED) is 0.849. The highest BCUT2D eigenvalue weighted by molar-refractivity contribution is 7.89. The molecule has 1 atom stereocenters. The molecule has 0 heterocycles. The molecule has 2 aromatic rings. The van der Waals surface area contributed by atoms with Gasteiger partial charge in [-0.3, -0.25) is 0 Å². The molecule has 0 saturated heterocycles. The Morgan fingerprint density at radius 2 is 1.59 bits per heavy atom. The second-order valence-corrected chi connectivity index (χ2v) is 7.26. The van der Waals surface area contributed by atoms with Gasteiger partial charge in [0.1, 0.15) is 0 Å². The third kappa shape index (κ3) is 4.68. The number of hydrogen-bond acceptors (Lipinski definition) is 2. The summed E-state index contributed by atoms with van der Waals surface area (Å²) >= 11 is 0. The van der Waals surface area contributed by atoms with E-state index >= 15 is 0 Å². The molecule has 118 valence electrons. The van der Waals surface area contributed by atoms with E-state index in [9.17, 15) is 8.42 Å². The molecular weight excluding hydrogens is 294 g/mol. The van der Waals surface area contributed by atoms with Crippen molar-refractivity contribution in [3.05, 3.63) is 65.7 Å². The van der Waals surface area contributed by atoms with Crippen LogP contribution in [0.5, 0.6) is 0 Å². The van der Waals surface area contributed by atoms with Crippen LogP contribution in [0, 0.1) is 0 Å². The molecule has 0 unspecified atom stereocenters. The van der Waals surface area contributed by atoms with Crippen molar-refractivity contribution in [3.8, 4) is 0 Å². The SMILES string of the molecule is CCc1ccc(S(=O)(=O)N[C@@H](C)CCc2ccccc2)cc1. The normalized spacial score (nSPS) is 13.0. The maximum atomic E-state index is 12.3. The molecule has 0 spiro atoms. The van der Waals surface area contributed by atoms with Crippen molar-refractivity contribution < 1.29 is 8.42 Å². The Morgan fingerprint density at radius 1 is 0.955 bits per heavy atom. The van der Waals surface area contributed by atoms with E-state index in [1.807, 2.05) is 44.2 Å². The van der Waals surface area contributed by atoms with Crippen LogP contribution in [0.4, 0.5) is 0 Å². The van der Waals surface area contributed by atoms with Gasteiger partial charge in [-0.15, -0.1) is 0 Å². The summed E-state index contributed by atoms with van der Waals surface area (Å²) in [6.45, 7) is 3.95. The summed E-state index contributed by atoms with van der Waals surface area (Å²) in [7, 11) is -3.44. The van der Waals surface area contributed by atoms with E-state index in [1.165, 1.54) is 5.56 Å². The molecule has 22 heavy (non-hydrogen) atoms. The molecule has 0 bridgehead atoms. The second kappa shape index (κ2) is 7.56. The van der Waals surface area contributed by atoms with Crippen LogP contribution < -0.4 is 4.72 Å². The minimum Gasteiger partial charge on any atom is -0.208 e. The Kier molecular flexibility index (Phi) is 5.75. The van der Waals surface area contributed by atoms with Crippen LogP contribution in [0.2, 0.25) is 0 Å². The maximum absolute atomic E-state index is 12.3. The highest BCUT2D eigenvalue weighted by Gasteiger charge is 2.17. The van der Waals surface area contributed by atoms with Gasteiger partial charge in [0.25, 0.3) is 0 Å². The van der Waals surface area contributed by atoms with Crippen molar-refractivity contribution in [1.29, 1.82) is 0 Å². The van der Waals surface area contributed by atoms with E-state index < -0.39 is 10.0 Å². The van der Waals surface area contributed by atoms with Crippen molar-refractivity contribution in [2.24, 2.45) is 0 Å². The number of rotatable bonds is 7. The summed E-state index contributed by atoms with van der Waals surface area (Å²) in [6.07, 6.45) is 2.54. The first-order chi connectivity index (χ1) is 10.5. The molecule has 0 fully saturated rings. The van der Waals surface area contributed by atoms with Crippen molar-refractivity contribution in [3.63, 3.8) is 0 Å². The zero-order valence-corrected chi connectivity index (χ0v) is 13.9. The fourth-order valence-electron chi connectivity index (χ4n) is 2.32. The van der Waals surface area contributed by atoms with Crippen LogP contribution >= 0.6 is 0 Å². The van der Waals surface area contributed by atoms with Crippen molar-refractivity contribution in [1.82, 2.24) is 4.72 Å². The Hall–Kier alpha value is -1.65. The average Bonchev–Trinajstić information content (AvgIpc) is 2.53. The van der Waals surface area contributed by atoms with Gasteiger partial charge in [-0.05, 0) is 49.4 Å². The molecule has 0 aromatic heterocycles. The van der Waals surface area contributed by atoms with E-state index in [2.05, 4.69) is 16.9 Å². The largest absolute Gasteiger partial charge is 0.240 e. The number of sulfonamides is 1. The van der Waals surface area contributed by atoms with Gasteiger partial charge < -0.3 is 0 Å². The summed E-state index contributed by atoms with van der Waals surface area (Å²) < 4.78 is 27.4. The lowest BCUT2D eigenvalue weighted by atomic mass is 10.1. The molecule has 0 amide bonds. The topological polar surface area (TPSA) is 46.2 Å². The van der Waals surface area contributed by atoms with Crippen molar-refractivity contribution in [2.75, 3.05) is 0 Å². The van der Waals surface area contributed by atoms with E-state index in [1.54, 1.807) is 12.1 Å². The van der Waals surface area contributed by atoms with E-state index in [4.69, 9.17) is 0 Å². The molecule has 0 radical (unpaired) electrons. The Labute approximate surface area is 133 Å². The van der Waals surface area contributed by atoms with Crippen LogP contribution in [0.15, 0.2) is 59.5 Å². The number of aryl methyl sites for hydroxylation is 2. The molecule has 3 nitrogen and oxygen atoms in total. The van der Waals surface area contributed by atoms with Gasteiger partial charge in [0.05, 0.1) is 4.90 Å². The zero-order valence-electron chi connectivity index (χ0n) is 13.1. The van der Waals surface area contributed by atoms with Crippen LogP contribution in [-0.2, 0) is 22.9 Å². The van der Waals surface area contributed by atoms with Gasteiger partial charge in [-0.2, -0.15) is 0 Å². The predicted octanol–water partition coefficient (Wildman–Crippen LogP) is 3.55. The Bertz CT molecular complexity index is 679. The van der Waals surface area contributed by atoms with Gasteiger partial charge >= 0.3 is 0 Å². The highest BCUT2D eigenvalue weighted by atomic mass is 32.2. The molecule has 2 aromatic carbocycles. The lowest BCUT2D eigenvalue weighted by Crippen LogP contribution is -2.32. The third-order valence-corrected chi connectivity index (χ3v) is 5.31. The first kappa shape index (κ1) is 16.7. The third-order valence-electron chi connectivity index (χ3n) is 3.71. The molecule has 4 heteroatoms. The van der Waals surface area contributed by atoms with Gasteiger partial charge in [-0.1, -0.05) is 49.4 Å². The molecule has 1 N–H and O–H groups in total. The average molecular weight is 317 g/mol. The minimum absolute atomic E-state index is 0.101. The van der Waals surface area contributed by atoms with E-state index in [0.717, 1.165) is 24.8 Å². The lowest BCUT2D eigenvalue weighted by molar-refractivity contribution is 0.547. The van der Waals surface area contributed by atoms with E-state index in [0.29, 0.717) is 4.90 Å². The van der Waals surface area contributed by atoms with E-state index in [-0.39, 0.29) is 6.04 Å². The molecule has 0 aliphatic heterocycles. The van der Waals surface area contributed by atoms with Gasteiger partial charge in [-0.25, -0.2) is 13.1 Å². The summed E-state index contributed by atoms with van der Waals surface area (Å²) in [5.41, 5.74) is 2.36. The number of benzene rings is 2. The molecular formula is C18H23NO2S. The van der Waals surface area contributed by atoms with Crippen molar-refractivity contribution >= 4 is 10.0 Å². The maximum Gasteiger partial charge on any atom is 0.240 e. The van der Waals surface area contributed by atoms with Crippen LogP contribution in [0.1, 0.15) is 31.4 Å². The Morgan fingerprint density at radius 3 is 2.18 bits per heavy atom. The van der Waals surface area contributed by atoms with Gasteiger partial charge in [0.15, 0.2) is 0 Å². The van der Waals surface area contributed by atoms with Gasteiger partial charge in [0, 0.05) is 6.04 Å². The van der Waals surface area contributed by atoms with Crippen molar-refractivity contribution in [2.45, 2.75) is 44.0 Å². The van der Waals surface area contributed by atoms with Gasteiger partial charge in [0.2, 0.25) is 10.0 Å². The minimum atomic E-state index is -3.44. The lowest BCUT2D eigenvalue weighted by Gasteiger charge is -2.14. The summed E-state index contributed by atoms with van der Waals surface area (Å²) in [6, 6.07) is 17.1. The second-order valence-electron chi connectivity index (χ2n) is 5.54. The molecule has 0 aliphatic rings. The molecule has 0 saturated carbocycles. The fourth-order valence-corrected chi connectivity index (χ4v) is 3.60. The molecule has 2 rings (SSSR count). The zero-order chi connectivity index (χ0) is 16.0. The number of hydrogen-bond donors (Lipinski definition) is 1. The molecule has 0 aliphatic carbocycles. The summed E-state index contributed by atoms with van der Waals surface area (Å²) in [5.74, 6) is 0. The standard InChI is InChI=1S/C18H23NO2S/c1-3-16-11-13-18(14-12-16)22(20,21)19-15(2)9-10-17-7-5-4-6-8-17/h4-8,11-15,19H,3,9-10H2,1-2H3/t15-/m0/s1. The monoisotopic (exact) mass is 317 g/mol. The van der Waals surface area contributed by atoms with Crippen LogP contribution in [-0.4, -0.2) is 14.5 Å². The highest BCUT2D eigenvalue weighted by Crippen LogP contribution is 2.13. The fraction of sp³-hybridized carbons (Fsp3) is 0.333. The summed E-state index contributed by atoms with van der Waals surface area (Å²) in [5, 5.41) is 0. The smallest absolute Gasteiger partial charge is 0.208 e. The first-order valence-electron chi connectivity index (χ1n) is 7.66. The number of nitrogens with one attached hydrogen (secondary N) is 1. The predicted molar refractivity (Wildman–Crippen MR) is 90.4 cm³/mol. The van der Waals surface area contributed by atoms with Crippen LogP contribution in [0.3, 0.4) is 0 Å². The summed E-state index contributed by atoms with van der Waals surface area (Å²) in [4.78, 5) is 0.330.